The van der Waals surface area contributed by atoms with Gasteiger partial charge in [0.25, 0.3) is 0 Å². The summed E-state index contributed by atoms with van der Waals surface area (Å²) in [4.78, 5) is 2.24. The summed E-state index contributed by atoms with van der Waals surface area (Å²) in [5.74, 6) is 0. The van der Waals surface area contributed by atoms with E-state index in [2.05, 4.69) is 25.9 Å². The minimum absolute atomic E-state index is 0.391. The molecule has 0 spiro atoms. The van der Waals surface area contributed by atoms with Crippen LogP contribution in [-0.2, 0) is 0 Å². The first-order valence-electron chi connectivity index (χ1n) is 4.47. The number of nitrogens with two attached hydrogens (primary N) is 1. The smallest absolute Gasteiger partial charge is 0.00675 e. The van der Waals surface area contributed by atoms with E-state index in [0.717, 1.165) is 0 Å². The molecule has 0 aromatic rings. The minimum atomic E-state index is 0.391. The van der Waals surface area contributed by atoms with E-state index in [1.807, 2.05) is 0 Å². The van der Waals surface area contributed by atoms with Crippen LogP contribution in [0.25, 0.3) is 0 Å². The molecule has 0 aromatic heterocycles. The third-order valence-corrected chi connectivity index (χ3v) is 2.92. The van der Waals surface area contributed by atoms with Crippen LogP contribution in [0.15, 0.2) is 0 Å². The van der Waals surface area contributed by atoms with Gasteiger partial charge in [0, 0.05) is 6.04 Å². The molecule has 2 heteroatoms. The third-order valence-electron chi connectivity index (χ3n) is 2.92. The maximum atomic E-state index is 5.90. The third kappa shape index (κ3) is 2.17. The van der Waals surface area contributed by atoms with Crippen molar-refractivity contribution in [3.63, 3.8) is 0 Å². The normalized spacial score (nSPS) is 23.7. The molecule has 11 heavy (non-hydrogen) atoms. The van der Waals surface area contributed by atoms with E-state index in [9.17, 15) is 0 Å². The van der Waals surface area contributed by atoms with Crippen molar-refractivity contribution in [1.82, 2.24) is 4.90 Å². The molecule has 2 nitrogen and oxygen atoms in total. The lowest BCUT2D eigenvalue weighted by molar-refractivity contribution is 0.310. The van der Waals surface area contributed by atoms with Gasteiger partial charge in [0.05, 0.1) is 0 Å². The van der Waals surface area contributed by atoms with Crippen LogP contribution < -0.4 is 5.73 Å². The van der Waals surface area contributed by atoms with Crippen LogP contribution in [0.3, 0.4) is 0 Å². The van der Waals surface area contributed by atoms with E-state index >= 15 is 0 Å². The summed E-state index contributed by atoms with van der Waals surface area (Å²) in [5, 5.41) is 0. The fraction of sp³-hybridized carbons (Fsp3) is 1.00. The average Bonchev–Trinajstić information content (AvgIpc) is 2.63. The molecule has 1 saturated carbocycles. The maximum Gasteiger partial charge on any atom is 0.00675 e. The molecule has 1 rings (SSSR count). The van der Waals surface area contributed by atoms with E-state index in [-0.39, 0.29) is 0 Å². The summed E-state index contributed by atoms with van der Waals surface area (Å²) >= 11 is 0. The molecular weight excluding hydrogens is 136 g/mol. The fourth-order valence-corrected chi connectivity index (χ4v) is 1.54. The van der Waals surface area contributed by atoms with Gasteiger partial charge in [-0.2, -0.15) is 0 Å². The highest BCUT2D eigenvalue weighted by Crippen LogP contribution is 2.50. The molecule has 0 aromatic carbocycles. The first-order chi connectivity index (χ1) is 5.07. The molecular formula is C9H20N2. The van der Waals surface area contributed by atoms with Crippen molar-refractivity contribution < 1.29 is 0 Å². The van der Waals surface area contributed by atoms with E-state index in [1.54, 1.807) is 0 Å². The lowest BCUT2D eigenvalue weighted by atomic mass is 9.94. The van der Waals surface area contributed by atoms with E-state index in [1.165, 1.54) is 25.8 Å². The minimum Gasteiger partial charge on any atom is -0.327 e. The summed E-state index contributed by atoms with van der Waals surface area (Å²) in [7, 11) is 4.24. The lowest BCUT2D eigenvalue weighted by Crippen LogP contribution is -2.31. The molecule has 1 unspecified atom stereocenters. The zero-order chi connectivity index (χ0) is 8.48. The van der Waals surface area contributed by atoms with Gasteiger partial charge in [-0.15, -0.1) is 0 Å². The Morgan fingerprint density at radius 2 is 2.00 bits per heavy atom. The van der Waals surface area contributed by atoms with Crippen LogP contribution in [0, 0.1) is 5.41 Å². The Morgan fingerprint density at radius 3 is 2.27 bits per heavy atom. The van der Waals surface area contributed by atoms with Crippen LogP contribution in [0.5, 0.6) is 0 Å². The molecule has 0 saturated heterocycles. The van der Waals surface area contributed by atoms with Crippen molar-refractivity contribution in [3.05, 3.63) is 0 Å². The number of rotatable bonds is 4. The summed E-state index contributed by atoms with van der Waals surface area (Å²) in [6, 6.07) is 0.391. The molecule has 2 N–H and O–H groups in total. The van der Waals surface area contributed by atoms with Crippen LogP contribution >= 0.6 is 0 Å². The van der Waals surface area contributed by atoms with Gasteiger partial charge in [-0.05, 0) is 52.2 Å². The van der Waals surface area contributed by atoms with Gasteiger partial charge >= 0.3 is 0 Å². The lowest BCUT2D eigenvalue weighted by Gasteiger charge is -2.21. The van der Waals surface area contributed by atoms with Gasteiger partial charge in [-0.3, -0.25) is 0 Å². The zero-order valence-corrected chi connectivity index (χ0v) is 7.93. The summed E-state index contributed by atoms with van der Waals surface area (Å²) in [6.45, 7) is 3.32. The molecule has 0 amide bonds. The Morgan fingerprint density at radius 1 is 1.45 bits per heavy atom. The Kier molecular flexibility index (Phi) is 2.55. The van der Waals surface area contributed by atoms with Crippen LogP contribution in [0.2, 0.25) is 0 Å². The largest absolute Gasteiger partial charge is 0.327 e. The topological polar surface area (TPSA) is 29.3 Å². The summed E-state index contributed by atoms with van der Waals surface area (Å²) in [5.41, 5.74) is 6.42. The quantitative estimate of drug-likeness (QED) is 0.659. The second-order valence-corrected chi connectivity index (χ2v) is 4.20. The van der Waals surface area contributed by atoms with Gasteiger partial charge in [0.1, 0.15) is 0 Å². The second-order valence-electron chi connectivity index (χ2n) is 4.20. The van der Waals surface area contributed by atoms with Gasteiger partial charge in [-0.25, -0.2) is 0 Å². The highest BCUT2D eigenvalue weighted by atomic mass is 15.1. The van der Waals surface area contributed by atoms with E-state index in [4.69, 9.17) is 5.73 Å². The molecule has 1 aliphatic carbocycles. The number of nitrogens with zero attached hydrogens (tertiary/aromatic N) is 1. The highest BCUT2D eigenvalue weighted by Gasteiger charge is 2.44. The molecule has 0 heterocycles. The van der Waals surface area contributed by atoms with Crippen LogP contribution in [0.1, 0.15) is 26.2 Å². The molecule has 0 aliphatic heterocycles. The molecule has 66 valence electrons. The fourth-order valence-electron chi connectivity index (χ4n) is 1.54. The van der Waals surface area contributed by atoms with Crippen molar-refractivity contribution in [2.45, 2.75) is 32.2 Å². The SMILES string of the molecule is CC(N)C1(CCN(C)C)CC1. The van der Waals surface area contributed by atoms with Gasteiger partial charge < -0.3 is 10.6 Å². The van der Waals surface area contributed by atoms with Crippen molar-refractivity contribution in [3.8, 4) is 0 Å². The summed E-state index contributed by atoms with van der Waals surface area (Å²) in [6.07, 6.45) is 3.97. The van der Waals surface area contributed by atoms with Crippen molar-refractivity contribution in [2.24, 2.45) is 11.1 Å². The first-order valence-corrected chi connectivity index (χ1v) is 4.47. The first kappa shape index (κ1) is 9.01. The number of hydrogen-bond acceptors (Lipinski definition) is 2. The van der Waals surface area contributed by atoms with E-state index in [0.29, 0.717) is 11.5 Å². The van der Waals surface area contributed by atoms with E-state index < -0.39 is 0 Å². The van der Waals surface area contributed by atoms with Crippen LogP contribution in [-0.4, -0.2) is 31.6 Å². The Bertz CT molecular complexity index is 126. The Balaban J connectivity index is 2.25. The monoisotopic (exact) mass is 156 g/mol. The highest BCUT2D eigenvalue weighted by molar-refractivity contribution is 4.99. The van der Waals surface area contributed by atoms with Gasteiger partial charge in [0.15, 0.2) is 0 Å². The van der Waals surface area contributed by atoms with Gasteiger partial charge in [-0.1, -0.05) is 0 Å². The predicted molar refractivity (Wildman–Crippen MR) is 48.5 cm³/mol. The standard InChI is InChI=1S/C9H20N2/c1-8(10)9(4-5-9)6-7-11(2)3/h8H,4-7,10H2,1-3H3. The Hall–Kier alpha value is -0.0800. The molecule has 0 bridgehead atoms. The second kappa shape index (κ2) is 3.11. The maximum absolute atomic E-state index is 5.90. The predicted octanol–water partition coefficient (Wildman–Crippen LogP) is 1.07. The molecule has 1 aliphatic rings. The van der Waals surface area contributed by atoms with Crippen LogP contribution in [0.4, 0.5) is 0 Å². The molecule has 1 fully saturated rings. The summed E-state index contributed by atoms with van der Waals surface area (Å²) < 4.78 is 0. The van der Waals surface area contributed by atoms with Crippen molar-refractivity contribution in [2.75, 3.05) is 20.6 Å². The van der Waals surface area contributed by atoms with Crippen molar-refractivity contribution >= 4 is 0 Å². The van der Waals surface area contributed by atoms with Gasteiger partial charge in [0.2, 0.25) is 0 Å². The molecule has 0 radical (unpaired) electrons. The zero-order valence-electron chi connectivity index (χ0n) is 7.93. The Labute approximate surface area is 69.8 Å². The number of hydrogen-bond donors (Lipinski definition) is 1. The van der Waals surface area contributed by atoms with Crippen molar-refractivity contribution in [1.29, 1.82) is 0 Å². The molecule has 1 atom stereocenters. The average molecular weight is 156 g/mol.